The minimum absolute atomic E-state index is 0.00949. The number of anilines is 1. The molecule has 1 heterocycles. The van der Waals surface area contributed by atoms with E-state index in [-0.39, 0.29) is 6.61 Å². The third-order valence-corrected chi connectivity index (χ3v) is 4.33. The molecule has 1 aromatic carbocycles. The summed E-state index contributed by atoms with van der Waals surface area (Å²) in [5.74, 6) is -6.13. The van der Waals surface area contributed by atoms with Gasteiger partial charge in [0, 0.05) is 46.5 Å². The molecule has 0 amide bonds. The van der Waals surface area contributed by atoms with E-state index in [9.17, 15) is 22.8 Å². The van der Waals surface area contributed by atoms with E-state index in [1.165, 1.54) is 9.80 Å². The highest BCUT2D eigenvalue weighted by Gasteiger charge is 2.31. The van der Waals surface area contributed by atoms with E-state index < -0.39 is 46.0 Å². The third kappa shape index (κ3) is 4.64. The second kappa shape index (κ2) is 9.09. The van der Waals surface area contributed by atoms with E-state index in [2.05, 4.69) is 0 Å². The van der Waals surface area contributed by atoms with Gasteiger partial charge in [-0.3, -0.25) is 4.79 Å². The first-order valence-electron chi connectivity index (χ1n) is 8.88. The Morgan fingerprint density at radius 1 is 1.14 bits per heavy atom. The lowest BCUT2D eigenvalue weighted by atomic mass is 10.0. The molecule has 1 aliphatic rings. The van der Waals surface area contributed by atoms with Gasteiger partial charge in [-0.1, -0.05) is 0 Å². The summed E-state index contributed by atoms with van der Waals surface area (Å²) in [6.45, 7) is 3.32. The average Bonchev–Trinajstić information content (AvgIpc) is 2.63. The molecule has 1 fully saturated rings. The van der Waals surface area contributed by atoms with Crippen LogP contribution in [0.3, 0.4) is 0 Å². The highest BCUT2D eigenvalue weighted by atomic mass is 19.2. The summed E-state index contributed by atoms with van der Waals surface area (Å²) in [5.41, 5.74) is -1.87. The van der Waals surface area contributed by atoms with Gasteiger partial charge in [0.1, 0.15) is 17.1 Å². The zero-order valence-corrected chi connectivity index (χ0v) is 16.4. The van der Waals surface area contributed by atoms with Crippen molar-refractivity contribution in [3.63, 3.8) is 0 Å². The Hall–Kier alpha value is -2.55. The number of likely N-dealkylation sites (N-methyl/N-ethyl adjacent to an activating group) is 1. The lowest BCUT2D eigenvalue weighted by Crippen LogP contribution is -2.45. The monoisotopic (exact) mass is 399 g/mol. The van der Waals surface area contributed by atoms with Gasteiger partial charge in [0.2, 0.25) is 5.78 Å². The standard InChI is InChI=1S/C19H24F3N3O3/c1-5-28-19(27)13(11-23(2)3)18(26)12-10-14(20)17(16(22)15(12)21)25-8-6-24(4)7-9-25/h10-11H,5-9H2,1-4H3/b13-11+. The molecule has 1 saturated heterocycles. The molecule has 1 aliphatic heterocycles. The summed E-state index contributed by atoms with van der Waals surface area (Å²) in [5, 5.41) is 0. The van der Waals surface area contributed by atoms with Crippen LogP contribution in [0.2, 0.25) is 0 Å². The van der Waals surface area contributed by atoms with Crippen molar-refractivity contribution in [3.05, 3.63) is 40.9 Å². The molecule has 28 heavy (non-hydrogen) atoms. The molecule has 9 heteroatoms. The fourth-order valence-corrected chi connectivity index (χ4v) is 2.89. The Labute approximate surface area is 162 Å². The summed E-state index contributed by atoms with van der Waals surface area (Å²) >= 11 is 0. The van der Waals surface area contributed by atoms with Gasteiger partial charge in [-0.15, -0.1) is 0 Å². The van der Waals surface area contributed by atoms with Crippen LogP contribution in [0, 0.1) is 17.5 Å². The average molecular weight is 399 g/mol. The topological polar surface area (TPSA) is 53.1 Å². The molecule has 1 aromatic rings. The Morgan fingerprint density at radius 3 is 2.29 bits per heavy atom. The Bertz CT molecular complexity index is 788. The van der Waals surface area contributed by atoms with E-state index in [1.54, 1.807) is 21.0 Å². The molecule has 0 unspecified atom stereocenters. The molecule has 0 aliphatic carbocycles. The number of benzene rings is 1. The van der Waals surface area contributed by atoms with Crippen LogP contribution in [0.1, 0.15) is 17.3 Å². The summed E-state index contributed by atoms with van der Waals surface area (Å²) in [6, 6.07) is 0.636. The van der Waals surface area contributed by atoms with Gasteiger partial charge in [0.25, 0.3) is 0 Å². The first kappa shape index (κ1) is 21.7. The predicted molar refractivity (Wildman–Crippen MR) is 98.8 cm³/mol. The number of ketones is 1. The number of nitrogens with zero attached hydrogens (tertiary/aromatic N) is 3. The molecule has 2 rings (SSSR count). The number of carbonyl (C=O) groups is 2. The fraction of sp³-hybridized carbons (Fsp3) is 0.474. The number of ether oxygens (including phenoxy) is 1. The van der Waals surface area contributed by atoms with E-state index >= 15 is 0 Å². The van der Waals surface area contributed by atoms with Crippen LogP contribution < -0.4 is 4.90 Å². The molecule has 154 valence electrons. The van der Waals surface area contributed by atoms with Gasteiger partial charge >= 0.3 is 5.97 Å². The molecule has 0 aromatic heterocycles. The molecule has 0 atom stereocenters. The first-order chi connectivity index (χ1) is 13.2. The second-order valence-electron chi connectivity index (χ2n) is 6.73. The lowest BCUT2D eigenvalue weighted by Gasteiger charge is -2.34. The highest BCUT2D eigenvalue weighted by molar-refractivity contribution is 6.24. The quantitative estimate of drug-likeness (QED) is 0.182. The van der Waals surface area contributed by atoms with E-state index in [4.69, 9.17) is 4.74 Å². The normalized spacial score (nSPS) is 15.5. The number of carbonyl (C=O) groups excluding carboxylic acids is 2. The van der Waals surface area contributed by atoms with E-state index in [1.807, 2.05) is 11.9 Å². The number of rotatable bonds is 6. The summed E-state index contributed by atoms with van der Waals surface area (Å²) in [4.78, 5) is 29.5. The number of halogens is 3. The zero-order valence-electron chi connectivity index (χ0n) is 16.4. The molecule has 0 N–H and O–H groups in total. The summed E-state index contributed by atoms with van der Waals surface area (Å²) in [6.07, 6.45) is 1.13. The smallest absolute Gasteiger partial charge is 0.343 e. The van der Waals surface area contributed by atoms with Crippen LogP contribution in [0.5, 0.6) is 0 Å². The maximum absolute atomic E-state index is 14.7. The Morgan fingerprint density at radius 2 is 1.75 bits per heavy atom. The molecule has 0 bridgehead atoms. The van der Waals surface area contributed by atoms with Gasteiger partial charge < -0.3 is 19.4 Å². The fourth-order valence-electron chi connectivity index (χ4n) is 2.89. The Balaban J connectivity index is 2.45. The van der Waals surface area contributed by atoms with Crippen molar-refractivity contribution < 1.29 is 27.5 Å². The molecular weight excluding hydrogens is 375 g/mol. The Kier molecular flexibility index (Phi) is 7.06. The van der Waals surface area contributed by atoms with Crippen molar-refractivity contribution in [2.75, 3.05) is 58.8 Å². The highest BCUT2D eigenvalue weighted by Crippen LogP contribution is 2.30. The van der Waals surface area contributed by atoms with Crippen LogP contribution in [0.15, 0.2) is 17.8 Å². The first-order valence-corrected chi connectivity index (χ1v) is 8.88. The van der Waals surface area contributed by atoms with Gasteiger partial charge in [0.05, 0.1) is 12.2 Å². The van der Waals surface area contributed by atoms with Gasteiger partial charge in [-0.25, -0.2) is 18.0 Å². The van der Waals surface area contributed by atoms with Gasteiger partial charge in [0.15, 0.2) is 11.6 Å². The van der Waals surface area contributed by atoms with E-state index in [0.29, 0.717) is 32.2 Å². The predicted octanol–water partition coefficient (Wildman–Crippen LogP) is 2.05. The second-order valence-corrected chi connectivity index (χ2v) is 6.73. The van der Waals surface area contributed by atoms with Crippen molar-refractivity contribution in [2.45, 2.75) is 6.92 Å². The molecule has 0 saturated carbocycles. The molecule has 0 spiro atoms. The zero-order chi connectivity index (χ0) is 21.0. The number of hydrogen-bond donors (Lipinski definition) is 0. The third-order valence-electron chi connectivity index (χ3n) is 4.33. The van der Waals surface area contributed by atoms with Crippen LogP contribution in [0.4, 0.5) is 18.9 Å². The SMILES string of the molecule is CCOC(=O)/C(=C/N(C)C)C(=O)c1cc(F)c(N2CCN(C)CC2)c(F)c1F. The summed E-state index contributed by atoms with van der Waals surface area (Å²) in [7, 11) is 4.96. The largest absolute Gasteiger partial charge is 0.462 e. The number of Topliss-reactive ketones (excluding diaryl/α,β-unsaturated/α-hetero) is 1. The summed E-state index contributed by atoms with van der Waals surface area (Å²) < 4.78 is 48.8. The van der Waals surface area contributed by atoms with E-state index in [0.717, 1.165) is 6.20 Å². The van der Waals surface area contributed by atoms with Crippen molar-refractivity contribution >= 4 is 17.4 Å². The minimum Gasteiger partial charge on any atom is -0.462 e. The van der Waals surface area contributed by atoms with Crippen molar-refractivity contribution in [2.24, 2.45) is 0 Å². The van der Waals surface area contributed by atoms with Crippen LogP contribution in [-0.4, -0.2) is 75.5 Å². The number of hydrogen-bond acceptors (Lipinski definition) is 6. The van der Waals surface area contributed by atoms with Crippen molar-refractivity contribution in [1.82, 2.24) is 9.80 Å². The van der Waals surface area contributed by atoms with Crippen LogP contribution in [0.25, 0.3) is 0 Å². The van der Waals surface area contributed by atoms with Crippen LogP contribution >= 0.6 is 0 Å². The van der Waals surface area contributed by atoms with Gasteiger partial charge in [-0.05, 0) is 20.0 Å². The van der Waals surface area contributed by atoms with Crippen LogP contribution in [-0.2, 0) is 9.53 Å². The lowest BCUT2D eigenvalue weighted by molar-refractivity contribution is -0.138. The van der Waals surface area contributed by atoms with Crippen molar-refractivity contribution in [1.29, 1.82) is 0 Å². The molecular formula is C19H24F3N3O3. The number of piperazine rings is 1. The molecule has 6 nitrogen and oxygen atoms in total. The van der Waals surface area contributed by atoms with Crippen molar-refractivity contribution in [3.8, 4) is 0 Å². The maximum atomic E-state index is 14.7. The number of esters is 1. The molecule has 0 radical (unpaired) electrons. The minimum atomic E-state index is -1.49. The maximum Gasteiger partial charge on any atom is 0.343 e. The van der Waals surface area contributed by atoms with Gasteiger partial charge in [-0.2, -0.15) is 0 Å².